The van der Waals surface area contributed by atoms with Crippen molar-refractivity contribution in [2.45, 2.75) is 31.0 Å². The van der Waals surface area contributed by atoms with Crippen LogP contribution in [-0.4, -0.2) is 4.83 Å². The van der Waals surface area contributed by atoms with E-state index >= 15 is 0 Å². The summed E-state index contributed by atoms with van der Waals surface area (Å²) in [5.41, 5.74) is 1.51. The molecule has 0 aromatic heterocycles. The average Bonchev–Trinajstić information content (AvgIpc) is 1.77. The van der Waals surface area contributed by atoms with Gasteiger partial charge >= 0.3 is 0 Å². The van der Waals surface area contributed by atoms with Crippen LogP contribution in [0.2, 0.25) is 0 Å². The van der Waals surface area contributed by atoms with Crippen molar-refractivity contribution < 1.29 is 0 Å². The van der Waals surface area contributed by atoms with E-state index in [1.165, 1.54) is 24.8 Å². The third kappa shape index (κ3) is 1.35. The first-order valence-corrected chi connectivity index (χ1v) is 4.03. The lowest BCUT2D eigenvalue weighted by molar-refractivity contribution is 0.720. The Labute approximate surface area is 59.1 Å². The first-order chi connectivity index (χ1) is 3.80. The van der Waals surface area contributed by atoms with Gasteiger partial charge in [0.1, 0.15) is 0 Å². The smallest absolute Gasteiger partial charge is 0.0352 e. The summed E-state index contributed by atoms with van der Waals surface area (Å²) in [5.74, 6) is 0. The molecule has 0 aliphatic heterocycles. The number of hydrogen-bond acceptors (Lipinski definition) is 0. The molecular formula is C7H11Br. The second-order valence-corrected chi connectivity index (χ2v) is 3.45. The lowest BCUT2D eigenvalue weighted by atomic mass is 10.0. The summed E-state index contributed by atoms with van der Waals surface area (Å²) < 4.78 is 0. The summed E-state index contributed by atoms with van der Waals surface area (Å²) in [6.07, 6.45) is 6.28. The molecule has 0 saturated heterocycles. The van der Waals surface area contributed by atoms with Crippen LogP contribution in [0.5, 0.6) is 0 Å². The molecular weight excluding hydrogens is 164 g/mol. The van der Waals surface area contributed by atoms with Gasteiger partial charge in [-0.2, -0.15) is 0 Å². The number of alkyl halides is 1. The van der Waals surface area contributed by atoms with E-state index in [0.29, 0.717) is 4.83 Å². The Bertz CT molecular complexity index is 105. The van der Waals surface area contributed by atoms with E-state index in [4.69, 9.17) is 0 Å². The Kier molecular flexibility index (Phi) is 2.12. The zero-order valence-electron chi connectivity index (χ0n) is 5.15. The third-order valence-electron chi connectivity index (χ3n) is 1.62. The predicted octanol–water partition coefficient (Wildman–Crippen LogP) is 2.88. The summed E-state index contributed by atoms with van der Waals surface area (Å²) in [6, 6.07) is 0. The van der Waals surface area contributed by atoms with E-state index in [9.17, 15) is 0 Å². The average molecular weight is 175 g/mol. The standard InChI is InChI=1S/C7H11Br/c1-6-4-2-3-5-7(6)8/h4,7H,2-3,5H2,1H3/t7-/m0/s1. The molecule has 0 N–H and O–H groups in total. The van der Waals surface area contributed by atoms with Gasteiger partial charge in [-0.15, -0.1) is 0 Å². The van der Waals surface area contributed by atoms with Crippen molar-refractivity contribution in [3.63, 3.8) is 0 Å². The van der Waals surface area contributed by atoms with Crippen molar-refractivity contribution >= 4 is 15.9 Å². The number of halogens is 1. The molecule has 0 radical (unpaired) electrons. The molecule has 0 amide bonds. The molecule has 0 bridgehead atoms. The second-order valence-electron chi connectivity index (χ2n) is 2.35. The fourth-order valence-corrected chi connectivity index (χ4v) is 1.49. The van der Waals surface area contributed by atoms with Gasteiger partial charge < -0.3 is 0 Å². The van der Waals surface area contributed by atoms with Gasteiger partial charge in [0.05, 0.1) is 0 Å². The van der Waals surface area contributed by atoms with E-state index in [2.05, 4.69) is 28.9 Å². The number of allylic oxidation sites excluding steroid dienone is 2. The van der Waals surface area contributed by atoms with Crippen molar-refractivity contribution in [2.24, 2.45) is 0 Å². The Morgan fingerprint density at radius 3 is 2.88 bits per heavy atom. The summed E-state index contributed by atoms with van der Waals surface area (Å²) in [6.45, 7) is 2.19. The maximum Gasteiger partial charge on any atom is 0.0352 e. The van der Waals surface area contributed by atoms with E-state index in [1.54, 1.807) is 0 Å². The van der Waals surface area contributed by atoms with Gasteiger partial charge in [-0.1, -0.05) is 27.6 Å². The molecule has 46 valence electrons. The van der Waals surface area contributed by atoms with Crippen LogP contribution >= 0.6 is 15.9 Å². The summed E-state index contributed by atoms with van der Waals surface area (Å²) >= 11 is 3.59. The molecule has 1 heteroatoms. The van der Waals surface area contributed by atoms with E-state index in [0.717, 1.165) is 0 Å². The molecule has 0 nitrogen and oxygen atoms in total. The minimum Gasteiger partial charge on any atom is -0.0845 e. The van der Waals surface area contributed by atoms with Gasteiger partial charge in [0.25, 0.3) is 0 Å². The molecule has 0 heterocycles. The van der Waals surface area contributed by atoms with Crippen molar-refractivity contribution in [3.8, 4) is 0 Å². The van der Waals surface area contributed by atoms with E-state index in [1.807, 2.05) is 0 Å². The largest absolute Gasteiger partial charge is 0.0845 e. The van der Waals surface area contributed by atoms with Gasteiger partial charge in [-0.25, -0.2) is 0 Å². The number of rotatable bonds is 0. The van der Waals surface area contributed by atoms with Gasteiger partial charge in [0, 0.05) is 4.83 Å². The Morgan fingerprint density at radius 2 is 2.50 bits per heavy atom. The summed E-state index contributed by atoms with van der Waals surface area (Å²) in [5, 5.41) is 0. The van der Waals surface area contributed by atoms with Crippen LogP contribution in [-0.2, 0) is 0 Å². The maximum atomic E-state index is 3.59. The molecule has 0 unspecified atom stereocenters. The molecule has 1 rings (SSSR count). The summed E-state index contributed by atoms with van der Waals surface area (Å²) in [4.78, 5) is 0.677. The fraction of sp³-hybridized carbons (Fsp3) is 0.714. The van der Waals surface area contributed by atoms with Crippen LogP contribution in [0.25, 0.3) is 0 Å². The highest BCUT2D eigenvalue weighted by Crippen LogP contribution is 2.23. The van der Waals surface area contributed by atoms with Gasteiger partial charge in [-0.3, -0.25) is 0 Å². The maximum absolute atomic E-state index is 3.59. The normalized spacial score (nSPS) is 29.8. The lowest BCUT2D eigenvalue weighted by Crippen LogP contribution is -2.03. The molecule has 1 atom stereocenters. The Balaban J connectivity index is 2.53. The van der Waals surface area contributed by atoms with Crippen LogP contribution in [0.15, 0.2) is 11.6 Å². The fourth-order valence-electron chi connectivity index (χ4n) is 0.982. The highest BCUT2D eigenvalue weighted by Gasteiger charge is 2.08. The minimum atomic E-state index is 0.677. The molecule has 0 aromatic carbocycles. The summed E-state index contributed by atoms with van der Waals surface area (Å²) in [7, 11) is 0. The number of hydrogen-bond donors (Lipinski definition) is 0. The molecule has 0 saturated carbocycles. The predicted molar refractivity (Wildman–Crippen MR) is 40.3 cm³/mol. The molecule has 0 fully saturated rings. The van der Waals surface area contributed by atoms with Crippen LogP contribution in [0.1, 0.15) is 26.2 Å². The zero-order valence-corrected chi connectivity index (χ0v) is 6.74. The monoisotopic (exact) mass is 174 g/mol. The topological polar surface area (TPSA) is 0 Å². The third-order valence-corrected chi connectivity index (χ3v) is 2.80. The molecule has 1 aliphatic rings. The first-order valence-electron chi connectivity index (χ1n) is 3.11. The highest BCUT2D eigenvalue weighted by molar-refractivity contribution is 9.09. The van der Waals surface area contributed by atoms with Gasteiger partial charge in [0.2, 0.25) is 0 Å². The quantitative estimate of drug-likeness (QED) is 0.392. The molecule has 8 heavy (non-hydrogen) atoms. The molecule has 0 spiro atoms. The second kappa shape index (κ2) is 2.67. The minimum absolute atomic E-state index is 0.677. The van der Waals surface area contributed by atoms with Crippen molar-refractivity contribution in [1.29, 1.82) is 0 Å². The van der Waals surface area contributed by atoms with E-state index in [-0.39, 0.29) is 0 Å². The van der Waals surface area contributed by atoms with Crippen molar-refractivity contribution in [1.82, 2.24) is 0 Å². The van der Waals surface area contributed by atoms with Gasteiger partial charge in [0.15, 0.2) is 0 Å². The van der Waals surface area contributed by atoms with Crippen molar-refractivity contribution in [2.75, 3.05) is 0 Å². The zero-order chi connectivity index (χ0) is 5.98. The van der Waals surface area contributed by atoms with Crippen LogP contribution in [0.3, 0.4) is 0 Å². The molecule has 0 aromatic rings. The van der Waals surface area contributed by atoms with Crippen LogP contribution < -0.4 is 0 Å². The first kappa shape index (κ1) is 6.34. The Morgan fingerprint density at radius 1 is 1.75 bits per heavy atom. The molecule has 1 aliphatic carbocycles. The SMILES string of the molecule is CC1=CCCC[C@@H]1Br. The van der Waals surface area contributed by atoms with Crippen LogP contribution in [0.4, 0.5) is 0 Å². The highest BCUT2D eigenvalue weighted by atomic mass is 79.9. The lowest BCUT2D eigenvalue weighted by Gasteiger charge is -2.14. The van der Waals surface area contributed by atoms with Gasteiger partial charge in [-0.05, 0) is 26.2 Å². The van der Waals surface area contributed by atoms with E-state index < -0.39 is 0 Å². The van der Waals surface area contributed by atoms with Crippen molar-refractivity contribution in [3.05, 3.63) is 11.6 Å². The Hall–Kier alpha value is 0.220. The van der Waals surface area contributed by atoms with Crippen LogP contribution in [0, 0.1) is 0 Å².